The average molecular weight is 346 g/mol. The van der Waals surface area contributed by atoms with Crippen LogP contribution in [0.4, 0.5) is 5.69 Å². The van der Waals surface area contributed by atoms with E-state index in [2.05, 4.69) is 6.07 Å². The summed E-state index contributed by atoms with van der Waals surface area (Å²) in [5, 5.41) is 2.03. The average Bonchev–Trinajstić information content (AvgIpc) is 2.95. The number of rotatable bonds is 4. The van der Waals surface area contributed by atoms with Gasteiger partial charge in [0.25, 0.3) is 0 Å². The predicted molar refractivity (Wildman–Crippen MR) is 95.0 cm³/mol. The minimum absolute atomic E-state index is 0.0113. The van der Waals surface area contributed by atoms with E-state index in [0.717, 1.165) is 10.6 Å². The van der Waals surface area contributed by atoms with Gasteiger partial charge in [0.15, 0.2) is 0 Å². The molecule has 6 heteroatoms. The van der Waals surface area contributed by atoms with Crippen molar-refractivity contribution in [2.24, 2.45) is 0 Å². The lowest BCUT2D eigenvalue weighted by Gasteiger charge is -2.30. The Morgan fingerprint density at radius 2 is 2.09 bits per heavy atom. The second kappa shape index (κ2) is 6.76. The molecular weight excluding hydrogens is 328 g/mol. The smallest absolute Gasteiger partial charge is 0.242 e. The fourth-order valence-corrected chi connectivity index (χ4v) is 4.35. The van der Waals surface area contributed by atoms with Crippen LogP contribution in [0.25, 0.3) is 0 Å². The van der Waals surface area contributed by atoms with E-state index >= 15 is 0 Å². The Balaban J connectivity index is 1.72. The fraction of sp³-hybridized carbons (Fsp3) is 0.294. The number of thiophene rings is 1. The number of para-hydroxylation sites is 1. The summed E-state index contributed by atoms with van der Waals surface area (Å²) in [6.45, 7) is 2.73. The van der Waals surface area contributed by atoms with E-state index in [4.69, 9.17) is 0 Å². The number of carbonyl (C=O) groups is 2. The number of aryl methyl sites for hydroxylation is 1. The van der Waals surface area contributed by atoms with Gasteiger partial charge in [0.1, 0.15) is 6.54 Å². The summed E-state index contributed by atoms with van der Waals surface area (Å²) in [5.41, 5.74) is 2.04. The van der Waals surface area contributed by atoms with Crippen LogP contribution < -0.4 is 4.90 Å². The summed E-state index contributed by atoms with van der Waals surface area (Å²) in [6.07, 6.45) is 0. The van der Waals surface area contributed by atoms with Gasteiger partial charge in [-0.15, -0.1) is 23.1 Å². The zero-order valence-electron chi connectivity index (χ0n) is 13.1. The zero-order chi connectivity index (χ0) is 16.4. The Kier molecular flexibility index (Phi) is 4.73. The van der Waals surface area contributed by atoms with Crippen LogP contribution in [0.2, 0.25) is 0 Å². The Labute approximate surface area is 144 Å². The summed E-state index contributed by atoms with van der Waals surface area (Å²) >= 11 is 3.18. The van der Waals surface area contributed by atoms with Gasteiger partial charge in [-0.1, -0.05) is 12.1 Å². The molecule has 120 valence electrons. The molecule has 1 aromatic carbocycles. The molecule has 0 bridgehead atoms. The van der Waals surface area contributed by atoms with Crippen molar-refractivity contribution in [3.63, 3.8) is 0 Å². The molecule has 1 aromatic heterocycles. The number of nitrogens with zero attached hydrogens (tertiary/aromatic N) is 2. The number of anilines is 1. The van der Waals surface area contributed by atoms with Crippen molar-refractivity contribution in [1.82, 2.24) is 4.90 Å². The summed E-state index contributed by atoms with van der Waals surface area (Å²) in [6, 6.07) is 9.79. The standard InChI is InChI=1S/C17H18N2O2S2/c1-12-7-8-22-15(12)9-18(2)16(20)10-19-13-5-3-4-6-14(13)23-11-17(19)21/h3-8H,9-11H2,1-2H3. The molecule has 2 amide bonds. The Hall–Kier alpha value is -1.79. The van der Waals surface area contributed by atoms with Gasteiger partial charge in [-0.2, -0.15) is 0 Å². The van der Waals surface area contributed by atoms with Gasteiger partial charge in [-0.05, 0) is 36.1 Å². The predicted octanol–water partition coefficient (Wildman–Crippen LogP) is 3.15. The van der Waals surface area contributed by atoms with Crippen molar-refractivity contribution in [2.45, 2.75) is 18.4 Å². The zero-order valence-corrected chi connectivity index (χ0v) is 14.7. The van der Waals surface area contributed by atoms with Gasteiger partial charge in [0, 0.05) is 16.8 Å². The Morgan fingerprint density at radius 1 is 1.30 bits per heavy atom. The summed E-state index contributed by atoms with van der Waals surface area (Å²) in [5.74, 6) is 0.327. The summed E-state index contributed by atoms with van der Waals surface area (Å²) < 4.78 is 0. The second-order valence-electron chi connectivity index (χ2n) is 5.51. The summed E-state index contributed by atoms with van der Waals surface area (Å²) in [4.78, 5) is 30.3. The topological polar surface area (TPSA) is 40.6 Å². The highest BCUT2D eigenvalue weighted by atomic mass is 32.2. The fourth-order valence-electron chi connectivity index (χ4n) is 2.45. The number of thioether (sulfide) groups is 1. The van der Waals surface area contributed by atoms with Crippen molar-refractivity contribution in [2.75, 3.05) is 24.2 Å². The van der Waals surface area contributed by atoms with Crippen LogP contribution in [0.15, 0.2) is 40.6 Å². The Bertz CT molecular complexity index is 742. The van der Waals surface area contributed by atoms with E-state index < -0.39 is 0 Å². The normalized spacial score (nSPS) is 13.8. The molecule has 0 saturated carbocycles. The van der Waals surface area contributed by atoms with Crippen molar-refractivity contribution < 1.29 is 9.59 Å². The largest absolute Gasteiger partial charge is 0.339 e. The van der Waals surface area contributed by atoms with Crippen LogP contribution in [0.5, 0.6) is 0 Å². The highest BCUT2D eigenvalue weighted by molar-refractivity contribution is 8.00. The minimum atomic E-state index is -0.0483. The molecule has 2 aromatic rings. The molecule has 3 rings (SSSR count). The minimum Gasteiger partial charge on any atom is -0.339 e. The van der Waals surface area contributed by atoms with Crippen LogP contribution in [-0.4, -0.2) is 36.1 Å². The molecule has 0 atom stereocenters. The highest BCUT2D eigenvalue weighted by Gasteiger charge is 2.27. The molecular formula is C17H18N2O2S2. The van der Waals surface area contributed by atoms with Gasteiger partial charge in [0.05, 0.1) is 18.0 Å². The van der Waals surface area contributed by atoms with Gasteiger partial charge < -0.3 is 9.80 Å². The lowest BCUT2D eigenvalue weighted by atomic mass is 10.2. The number of hydrogen-bond donors (Lipinski definition) is 0. The maximum Gasteiger partial charge on any atom is 0.242 e. The molecule has 0 fully saturated rings. The number of hydrogen-bond acceptors (Lipinski definition) is 4. The van der Waals surface area contributed by atoms with E-state index in [-0.39, 0.29) is 18.4 Å². The molecule has 1 aliphatic heterocycles. The van der Waals surface area contributed by atoms with Crippen molar-refractivity contribution >= 4 is 40.6 Å². The first-order valence-electron chi connectivity index (χ1n) is 7.35. The SMILES string of the molecule is Cc1ccsc1CN(C)C(=O)CN1C(=O)CSc2ccccc21. The maximum absolute atomic E-state index is 12.5. The van der Waals surface area contributed by atoms with Crippen LogP contribution in [-0.2, 0) is 16.1 Å². The van der Waals surface area contributed by atoms with E-state index in [1.807, 2.05) is 36.6 Å². The number of benzene rings is 1. The summed E-state index contributed by atoms with van der Waals surface area (Å²) in [7, 11) is 1.79. The molecule has 0 spiro atoms. The second-order valence-corrected chi connectivity index (χ2v) is 7.53. The van der Waals surface area contributed by atoms with Crippen molar-refractivity contribution in [1.29, 1.82) is 0 Å². The van der Waals surface area contributed by atoms with Crippen LogP contribution >= 0.6 is 23.1 Å². The first kappa shape index (κ1) is 16.1. The molecule has 0 saturated heterocycles. The van der Waals surface area contributed by atoms with Crippen LogP contribution in [0.1, 0.15) is 10.4 Å². The molecule has 2 heterocycles. The number of likely N-dealkylation sites (N-methyl/N-ethyl adjacent to an activating group) is 1. The van der Waals surface area contributed by atoms with E-state index in [1.165, 1.54) is 22.2 Å². The van der Waals surface area contributed by atoms with Crippen molar-refractivity contribution in [3.05, 3.63) is 46.2 Å². The monoisotopic (exact) mass is 346 g/mol. The number of amides is 2. The highest BCUT2D eigenvalue weighted by Crippen LogP contribution is 2.34. The van der Waals surface area contributed by atoms with Crippen molar-refractivity contribution in [3.8, 4) is 0 Å². The maximum atomic E-state index is 12.5. The molecule has 4 nitrogen and oxygen atoms in total. The lowest BCUT2D eigenvalue weighted by Crippen LogP contribution is -2.43. The van der Waals surface area contributed by atoms with Crippen LogP contribution in [0.3, 0.4) is 0 Å². The van der Waals surface area contributed by atoms with Gasteiger partial charge in [-0.3, -0.25) is 9.59 Å². The lowest BCUT2D eigenvalue weighted by molar-refractivity contribution is -0.130. The number of fused-ring (bicyclic) bond motifs is 1. The molecule has 0 aliphatic carbocycles. The molecule has 0 unspecified atom stereocenters. The third-order valence-corrected chi connectivity index (χ3v) is 5.93. The molecule has 1 aliphatic rings. The van der Waals surface area contributed by atoms with E-state index in [1.54, 1.807) is 28.2 Å². The van der Waals surface area contributed by atoms with E-state index in [9.17, 15) is 9.59 Å². The number of carbonyl (C=O) groups excluding carboxylic acids is 2. The quantitative estimate of drug-likeness (QED) is 0.854. The van der Waals surface area contributed by atoms with E-state index in [0.29, 0.717) is 12.3 Å². The van der Waals surface area contributed by atoms with Gasteiger partial charge >= 0.3 is 0 Å². The van der Waals surface area contributed by atoms with Gasteiger partial charge in [0.2, 0.25) is 11.8 Å². The van der Waals surface area contributed by atoms with Gasteiger partial charge in [-0.25, -0.2) is 0 Å². The third kappa shape index (κ3) is 3.43. The molecule has 23 heavy (non-hydrogen) atoms. The first-order valence-corrected chi connectivity index (χ1v) is 9.22. The molecule has 0 radical (unpaired) electrons. The Morgan fingerprint density at radius 3 is 2.83 bits per heavy atom. The first-order chi connectivity index (χ1) is 11.1. The third-order valence-electron chi connectivity index (χ3n) is 3.88. The van der Waals surface area contributed by atoms with Crippen LogP contribution in [0, 0.1) is 6.92 Å². The molecule has 0 N–H and O–H groups in total.